The highest BCUT2D eigenvalue weighted by Gasteiger charge is 2.37. The summed E-state index contributed by atoms with van der Waals surface area (Å²) in [6.45, 7) is 10.9. The lowest BCUT2D eigenvalue weighted by atomic mass is 9.99. The van der Waals surface area contributed by atoms with Crippen LogP contribution < -0.4 is 31.9 Å². The Bertz CT molecular complexity index is 2230. The molecule has 7 amide bonds. The average Bonchev–Trinajstić information content (AvgIpc) is 3.35. The first-order valence-corrected chi connectivity index (χ1v) is 25.5. The van der Waals surface area contributed by atoms with E-state index in [9.17, 15) is 58.8 Å². The smallest absolute Gasteiger partial charge is 0.329 e. The van der Waals surface area contributed by atoms with E-state index in [1.165, 1.54) is 42.3 Å². The minimum atomic E-state index is -1.69. The van der Waals surface area contributed by atoms with Gasteiger partial charge in [0.1, 0.15) is 48.3 Å². The molecule has 408 valence electrons. The monoisotopic (exact) mass is 1030 g/mol. The van der Waals surface area contributed by atoms with E-state index in [1.54, 1.807) is 71.9 Å². The van der Waals surface area contributed by atoms with Gasteiger partial charge >= 0.3 is 5.97 Å². The Hall–Kier alpha value is -6.80. The highest BCUT2D eigenvalue weighted by Crippen LogP contribution is 2.18. The number of allylic oxidation sites excluding steroid dienone is 1. The lowest BCUT2D eigenvalue weighted by Gasteiger charge is -2.32. The number of esters is 1. The van der Waals surface area contributed by atoms with Gasteiger partial charge in [-0.2, -0.15) is 0 Å². The van der Waals surface area contributed by atoms with Gasteiger partial charge in [-0.05, 0) is 66.0 Å². The molecule has 0 saturated heterocycles. The molecular formula is C54H79N7O13. The molecule has 0 radical (unpaired) electrons. The molecule has 10 N–H and O–H groups in total. The van der Waals surface area contributed by atoms with Crippen LogP contribution in [0.15, 0.2) is 72.8 Å². The van der Waals surface area contributed by atoms with Crippen LogP contribution in [0.4, 0.5) is 0 Å². The van der Waals surface area contributed by atoms with Crippen LogP contribution in [-0.2, 0) is 55.9 Å². The number of benzene rings is 2. The number of nitrogens with zero attached hydrogens (tertiary/aromatic N) is 1. The molecule has 0 aromatic heterocycles. The molecule has 0 bridgehead atoms. The molecular weight excluding hydrogens is 955 g/mol. The number of amides is 7. The number of carbonyl (C=O) groups excluding carboxylic acids is 8. The summed E-state index contributed by atoms with van der Waals surface area (Å²) in [5, 5.41) is 57.0. The average molecular weight is 1030 g/mol. The third-order valence-electron chi connectivity index (χ3n) is 12.5. The molecule has 0 aliphatic carbocycles. The Morgan fingerprint density at radius 3 is 1.96 bits per heavy atom. The van der Waals surface area contributed by atoms with Crippen molar-refractivity contribution in [3.05, 3.63) is 84.0 Å². The standard InChI is InChI=1S/C54H79N7O13/c1-9-10-11-12-13-14-15-16-44(66)56-40(27-35-17-22-38(63)23-18-35)50(69)60-48(33(4)5)52(71)57-41(30-62)43(65)29-46(68)59-47(32(2)3)51(70)55-37-21-26-45(67)58-49(34(6)7)53(72)61(8)42(54(73)74-31-37)28-36-19-24-39(64)25-20-36/h14-15,17-26,32-34,37,40-43,47-49,62-65H,9-13,16,27-31H2,1-8H3,(H,55,70)(H,56,66)(H,57,71)(H,58,67)(H,59,68)(H,60,69)/b15-14-,26-21+/t37-,40+,41+,42+,43+,47+,48+,49+/m1/s1. The van der Waals surface area contributed by atoms with Crippen LogP contribution in [0.25, 0.3) is 0 Å². The summed E-state index contributed by atoms with van der Waals surface area (Å²) < 4.78 is 5.66. The summed E-state index contributed by atoms with van der Waals surface area (Å²) in [7, 11) is 1.42. The van der Waals surface area contributed by atoms with Gasteiger partial charge in [-0.3, -0.25) is 33.6 Å². The zero-order valence-corrected chi connectivity index (χ0v) is 44.0. The van der Waals surface area contributed by atoms with Crippen molar-refractivity contribution in [2.24, 2.45) is 17.8 Å². The van der Waals surface area contributed by atoms with E-state index in [-0.39, 0.29) is 36.7 Å². The number of aliphatic hydroxyl groups is 2. The second-order valence-corrected chi connectivity index (χ2v) is 19.8. The quantitative estimate of drug-likeness (QED) is 0.0368. The van der Waals surface area contributed by atoms with Gasteiger partial charge in [0, 0.05) is 32.4 Å². The van der Waals surface area contributed by atoms with Crippen molar-refractivity contribution in [3.8, 4) is 11.5 Å². The number of ether oxygens (including phenoxy) is 1. The minimum Gasteiger partial charge on any atom is -0.508 e. The summed E-state index contributed by atoms with van der Waals surface area (Å²) in [6, 6.07) is 3.83. The molecule has 8 atom stereocenters. The summed E-state index contributed by atoms with van der Waals surface area (Å²) in [6.07, 6.45) is 8.86. The van der Waals surface area contributed by atoms with Crippen molar-refractivity contribution in [2.75, 3.05) is 20.3 Å². The topological polar surface area (TPSA) is 302 Å². The van der Waals surface area contributed by atoms with E-state index >= 15 is 0 Å². The number of aromatic hydroxyl groups is 2. The Labute approximate surface area is 434 Å². The normalized spacial score (nSPS) is 19.0. The van der Waals surface area contributed by atoms with Gasteiger partial charge in [-0.15, -0.1) is 0 Å². The van der Waals surface area contributed by atoms with Crippen molar-refractivity contribution in [1.82, 2.24) is 36.8 Å². The van der Waals surface area contributed by atoms with Crippen LogP contribution >= 0.6 is 0 Å². The number of hydrogen-bond donors (Lipinski definition) is 10. The fourth-order valence-electron chi connectivity index (χ4n) is 7.96. The maximum Gasteiger partial charge on any atom is 0.329 e. The first-order valence-electron chi connectivity index (χ1n) is 25.5. The van der Waals surface area contributed by atoms with E-state index in [0.29, 0.717) is 11.1 Å². The zero-order valence-electron chi connectivity index (χ0n) is 44.0. The summed E-state index contributed by atoms with van der Waals surface area (Å²) >= 11 is 0. The van der Waals surface area contributed by atoms with Gasteiger partial charge in [0.2, 0.25) is 41.4 Å². The summed E-state index contributed by atoms with van der Waals surface area (Å²) in [4.78, 5) is 110. The molecule has 0 saturated carbocycles. The van der Waals surface area contributed by atoms with E-state index in [1.807, 2.05) is 6.08 Å². The van der Waals surface area contributed by atoms with E-state index in [0.717, 1.165) is 38.2 Å². The van der Waals surface area contributed by atoms with Crippen LogP contribution in [-0.4, -0.2) is 141 Å². The molecule has 2 aromatic carbocycles. The number of phenols is 2. The van der Waals surface area contributed by atoms with Crippen molar-refractivity contribution >= 4 is 47.3 Å². The Morgan fingerprint density at radius 1 is 0.770 bits per heavy atom. The zero-order chi connectivity index (χ0) is 55.1. The van der Waals surface area contributed by atoms with Crippen molar-refractivity contribution < 1.29 is 63.5 Å². The maximum absolute atomic E-state index is 13.9. The van der Waals surface area contributed by atoms with Crippen LogP contribution in [0.3, 0.4) is 0 Å². The lowest BCUT2D eigenvalue weighted by molar-refractivity contribution is -0.156. The molecule has 74 heavy (non-hydrogen) atoms. The Balaban J connectivity index is 1.72. The molecule has 0 fully saturated rings. The largest absolute Gasteiger partial charge is 0.508 e. The molecule has 20 heteroatoms. The minimum absolute atomic E-state index is 0.00189. The second kappa shape index (κ2) is 31.1. The summed E-state index contributed by atoms with van der Waals surface area (Å²) in [5.41, 5.74) is 1.22. The number of phenolic OH excluding ortho intramolecular Hbond substituents is 2. The summed E-state index contributed by atoms with van der Waals surface area (Å²) in [5.74, 6) is -6.95. The van der Waals surface area contributed by atoms with Gasteiger partial charge in [-0.25, -0.2) is 4.79 Å². The second-order valence-electron chi connectivity index (χ2n) is 19.8. The SMILES string of the molecule is CCCCCC/C=C\CC(=O)N[C@@H](Cc1ccc(O)cc1)C(=O)N[C@H](C(=O)N[C@@H](CO)[C@@H](O)CC(=O)N[C@H](C(=O)N[C@@H]1/C=C/C(=O)N[C@@H](C(C)C)C(=O)N(C)[C@@H](Cc2ccc(O)cc2)C(=O)OC1)C(C)C)C(C)C. The number of unbranched alkanes of at least 4 members (excludes halogenated alkanes) is 4. The van der Waals surface area contributed by atoms with Crippen LogP contribution in [0.2, 0.25) is 0 Å². The molecule has 1 aliphatic heterocycles. The fourth-order valence-corrected chi connectivity index (χ4v) is 7.96. The fraction of sp³-hybridized carbons (Fsp3) is 0.556. The first kappa shape index (κ1) is 61.5. The number of hydrogen-bond acceptors (Lipinski definition) is 13. The van der Waals surface area contributed by atoms with Crippen LogP contribution in [0, 0.1) is 17.8 Å². The first-order chi connectivity index (χ1) is 35.0. The highest BCUT2D eigenvalue weighted by atomic mass is 16.5. The van der Waals surface area contributed by atoms with Crippen LogP contribution in [0.1, 0.15) is 105 Å². The molecule has 3 rings (SSSR count). The molecule has 0 spiro atoms. The predicted molar refractivity (Wildman–Crippen MR) is 277 cm³/mol. The van der Waals surface area contributed by atoms with Gasteiger partial charge in [0.15, 0.2) is 0 Å². The van der Waals surface area contributed by atoms with E-state index < -0.39 is 127 Å². The highest BCUT2D eigenvalue weighted by molar-refractivity contribution is 5.95. The number of likely N-dealkylation sites (N-methyl/N-ethyl adjacent to an activating group) is 1. The van der Waals surface area contributed by atoms with Gasteiger partial charge in [0.25, 0.3) is 0 Å². The Kier molecular flexibility index (Phi) is 25.8. The van der Waals surface area contributed by atoms with Gasteiger partial charge in [-0.1, -0.05) is 110 Å². The molecule has 1 aliphatic rings. The number of nitrogens with one attached hydrogen (secondary N) is 6. The van der Waals surface area contributed by atoms with Crippen LogP contribution in [0.5, 0.6) is 11.5 Å². The van der Waals surface area contributed by atoms with Crippen molar-refractivity contribution in [1.29, 1.82) is 0 Å². The number of aliphatic hydroxyl groups excluding tert-OH is 2. The molecule has 2 aromatic rings. The van der Waals surface area contributed by atoms with E-state index in [2.05, 4.69) is 38.8 Å². The molecule has 0 unspecified atom stereocenters. The molecule has 20 nitrogen and oxygen atoms in total. The maximum atomic E-state index is 13.9. The number of rotatable bonds is 26. The van der Waals surface area contributed by atoms with Gasteiger partial charge < -0.3 is 62.0 Å². The third kappa shape index (κ3) is 20.6. The third-order valence-corrected chi connectivity index (χ3v) is 12.5. The van der Waals surface area contributed by atoms with Crippen molar-refractivity contribution in [3.63, 3.8) is 0 Å². The lowest BCUT2D eigenvalue weighted by Crippen LogP contribution is -2.59. The number of carbonyl (C=O) groups is 8. The predicted octanol–water partition coefficient (Wildman–Crippen LogP) is 2.36. The number of cyclic esters (lactones) is 1. The Morgan fingerprint density at radius 2 is 1.38 bits per heavy atom. The molecule has 1 heterocycles. The van der Waals surface area contributed by atoms with Crippen molar-refractivity contribution in [2.45, 2.75) is 155 Å². The van der Waals surface area contributed by atoms with Gasteiger partial charge in [0.05, 0.1) is 31.2 Å². The van der Waals surface area contributed by atoms with E-state index in [4.69, 9.17) is 4.74 Å².